The fourth-order valence-corrected chi connectivity index (χ4v) is 12.6. The maximum atomic E-state index is 12.5. The third-order valence-corrected chi connectivity index (χ3v) is 18.7. The molecule has 0 saturated heterocycles. The van der Waals surface area contributed by atoms with Crippen LogP contribution in [-0.2, 0) is 14.3 Å². The predicted octanol–water partition coefficient (Wildman–Crippen LogP) is 26.2. The molecule has 87 heavy (non-hydrogen) atoms. The van der Waals surface area contributed by atoms with E-state index in [1.807, 2.05) is 0 Å². The lowest BCUT2D eigenvalue weighted by molar-refractivity contribution is -0.143. The molecule has 0 aliphatic carbocycles. The Morgan fingerprint density at radius 2 is 0.575 bits per heavy atom. The SMILES string of the molecule is CCCCC/C=C\C/C=C\CCCCCCCCCCCC(=O)OCCCCCCCCCCCCCC/C=C\CCCCCCCCCCCCCCCCCCCC(=O)NC(CO)C(O)CCCCCCCCCCCCCCCCCCCC. The molecule has 0 rings (SSSR count). The van der Waals surface area contributed by atoms with Gasteiger partial charge in [0.2, 0.25) is 5.91 Å². The average molecular weight is 1220 g/mol. The van der Waals surface area contributed by atoms with Gasteiger partial charge in [-0.1, -0.05) is 384 Å². The lowest BCUT2D eigenvalue weighted by Gasteiger charge is -2.22. The topological polar surface area (TPSA) is 95.9 Å². The van der Waals surface area contributed by atoms with Crippen molar-refractivity contribution in [1.82, 2.24) is 5.32 Å². The van der Waals surface area contributed by atoms with E-state index in [1.54, 1.807) is 0 Å². The smallest absolute Gasteiger partial charge is 0.305 e. The summed E-state index contributed by atoms with van der Waals surface area (Å²) in [4.78, 5) is 24.7. The molecule has 514 valence electrons. The summed E-state index contributed by atoms with van der Waals surface area (Å²) in [6, 6.07) is -0.540. The molecule has 1 amide bonds. The first-order chi connectivity index (χ1) is 43.0. The highest BCUT2D eigenvalue weighted by atomic mass is 16.5. The van der Waals surface area contributed by atoms with E-state index in [0.29, 0.717) is 25.9 Å². The number of aliphatic hydroxyl groups excluding tert-OH is 2. The molecular weight excluding hydrogens is 1070 g/mol. The zero-order valence-electron chi connectivity index (χ0n) is 59.0. The molecule has 0 aliphatic rings. The lowest BCUT2D eigenvalue weighted by atomic mass is 10.0. The summed E-state index contributed by atoms with van der Waals surface area (Å²) in [6.45, 7) is 4.97. The Bertz CT molecular complexity index is 1410. The molecular formula is C81H155NO5. The Balaban J connectivity index is 3.34. The van der Waals surface area contributed by atoms with Crippen LogP contribution in [0.3, 0.4) is 0 Å². The summed E-state index contributed by atoms with van der Waals surface area (Å²) in [5, 5.41) is 23.4. The first-order valence-corrected chi connectivity index (χ1v) is 39.7. The van der Waals surface area contributed by atoms with Crippen LogP contribution in [0.2, 0.25) is 0 Å². The maximum Gasteiger partial charge on any atom is 0.305 e. The van der Waals surface area contributed by atoms with Crippen molar-refractivity contribution in [2.45, 2.75) is 456 Å². The molecule has 0 aromatic carbocycles. The largest absolute Gasteiger partial charge is 0.466 e. The fourth-order valence-electron chi connectivity index (χ4n) is 12.6. The summed E-state index contributed by atoms with van der Waals surface area (Å²) in [5.74, 6) is -0.0119. The van der Waals surface area contributed by atoms with E-state index >= 15 is 0 Å². The van der Waals surface area contributed by atoms with Crippen molar-refractivity contribution >= 4 is 11.9 Å². The van der Waals surface area contributed by atoms with Crippen molar-refractivity contribution in [3.8, 4) is 0 Å². The lowest BCUT2D eigenvalue weighted by Crippen LogP contribution is -2.45. The molecule has 0 spiro atoms. The standard InChI is InChI=1S/C81H155NO5/c1-3-5-7-9-11-13-15-17-19-21-38-43-47-51-55-59-63-67-71-75-81(86)87-76-72-68-64-60-56-52-48-44-40-37-35-33-31-29-27-25-23-24-26-28-30-32-34-36-39-42-46-50-54-58-62-66-70-74-80(85)82-78(77-83)79(84)73-69-65-61-57-53-49-45-41-22-20-18-16-14-12-10-8-6-4-2/h11,13,17,19,27,29,78-79,83-84H,3-10,12,14-16,18,20-26,28,30-77H2,1-2H3,(H,82,85)/b13-11-,19-17-,29-27-. The quantitative estimate of drug-likeness (QED) is 0.0320. The first kappa shape index (κ1) is 85.1. The normalized spacial score (nSPS) is 12.6. The molecule has 2 unspecified atom stereocenters. The van der Waals surface area contributed by atoms with Crippen LogP contribution in [0.5, 0.6) is 0 Å². The van der Waals surface area contributed by atoms with Gasteiger partial charge < -0.3 is 20.3 Å². The molecule has 0 saturated carbocycles. The van der Waals surface area contributed by atoms with Crippen LogP contribution in [-0.4, -0.2) is 47.4 Å². The molecule has 2 atom stereocenters. The number of carbonyl (C=O) groups is 2. The Morgan fingerprint density at radius 3 is 0.908 bits per heavy atom. The average Bonchev–Trinajstić information content (AvgIpc) is 3.59. The Morgan fingerprint density at radius 1 is 0.322 bits per heavy atom. The molecule has 3 N–H and O–H groups in total. The zero-order chi connectivity index (χ0) is 62.8. The van der Waals surface area contributed by atoms with Crippen molar-refractivity contribution < 1.29 is 24.5 Å². The number of nitrogens with one attached hydrogen (secondary N) is 1. The van der Waals surface area contributed by atoms with Gasteiger partial charge in [0.25, 0.3) is 0 Å². The van der Waals surface area contributed by atoms with Gasteiger partial charge in [0.05, 0.1) is 25.4 Å². The summed E-state index contributed by atoms with van der Waals surface area (Å²) in [7, 11) is 0. The van der Waals surface area contributed by atoms with Crippen molar-refractivity contribution in [3.63, 3.8) is 0 Å². The minimum atomic E-state index is -0.663. The van der Waals surface area contributed by atoms with E-state index in [2.05, 4.69) is 55.6 Å². The van der Waals surface area contributed by atoms with Crippen molar-refractivity contribution in [1.29, 1.82) is 0 Å². The number of allylic oxidation sites excluding steroid dienone is 6. The molecule has 0 fully saturated rings. The van der Waals surface area contributed by atoms with E-state index in [9.17, 15) is 19.8 Å². The van der Waals surface area contributed by atoms with E-state index in [4.69, 9.17) is 4.74 Å². The second kappa shape index (κ2) is 76.5. The van der Waals surface area contributed by atoms with Crippen LogP contribution < -0.4 is 5.32 Å². The van der Waals surface area contributed by atoms with Crippen molar-refractivity contribution in [2.24, 2.45) is 0 Å². The van der Waals surface area contributed by atoms with Gasteiger partial charge in [-0.05, 0) is 83.5 Å². The molecule has 0 bridgehead atoms. The van der Waals surface area contributed by atoms with E-state index in [1.165, 1.54) is 360 Å². The molecule has 0 aliphatic heterocycles. The number of carbonyl (C=O) groups excluding carboxylic acids is 2. The molecule has 0 heterocycles. The second-order valence-electron chi connectivity index (χ2n) is 27.4. The van der Waals surface area contributed by atoms with Gasteiger partial charge in [-0.15, -0.1) is 0 Å². The molecule has 6 nitrogen and oxygen atoms in total. The molecule has 0 aromatic heterocycles. The Kier molecular flexibility index (Phi) is 74.8. The number of unbranched alkanes of at least 4 members (excludes halogenated alkanes) is 58. The second-order valence-corrected chi connectivity index (χ2v) is 27.4. The summed E-state index contributed by atoms with van der Waals surface area (Å²) < 4.78 is 5.51. The highest BCUT2D eigenvalue weighted by Crippen LogP contribution is 2.20. The number of ether oxygens (including phenoxy) is 1. The summed E-state index contributed by atoms with van der Waals surface area (Å²) in [5.41, 5.74) is 0. The van der Waals surface area contributed by atoms with Gasteiger partial charge in [0, 0.05) is 12.8 Å². The van der Waals surface area contributed by atoms with Crippen LogP contribution in [0.1, 0.15) is 444 Å². The van der Waals surface area contributed by atoms with Gasteiger partial charge in [-0.3, -0.25) is 9.59 Å². The number of hydrogen-bond acceptors (Lipinski definition) is 5. The highest BCUT2D eigenvalue weighted by molar-refractivity contribution is 5.76. The van der Waals surface area contributed by atoms with Crippen molar-refractivity contribution in [3.05, 3.63) is 36.5 Å². The highest BCUT2D eigenvalue weighted by Gasteiger charge is 2.20. The number of amides is 1. The minimum absolute atomic E-state index is 0.0157. The van der Waals surface area contributed by atoms with E-state index < -0.39 is 12.1 Å². The first-order valence-electron chi connectivity index (χ1n) is 39.7. The zero-order valence-corrected chi connectivity index (χ0v) is 59.0. The molecule has 6 heteroatoms. The minimum Gasteiger partial charge on any atom is -0.466 e. The maximum absolute atomic E-state index is 12.5. The predicted molar refractivity (Wildman–Crippen MR) is 384 cm³/mol. The fraction of sp³-hybridized carbons (Fsp3) is 0.901. The van der Waals surface area contributed by atoms with Gasteiger partial charge in [-0.2, -0.15) is 0 Å². The van der Waals surface area contributed by atoms with Crippen LogP contribution in [0.15, 0.2) is 36.5 Å². The third-order valence-electron chi connectivity index (χ3n) is 18.7. The monoisotopic (exact) mass is 1220 g/mol. The number of aliphatic hydroxyl groups is 2. The number of esters is 1. The van der Waals surface area contributed by atoms with Gasteiger partial charge in [-0.25, -0.2) is 0 Å². The van der Waals surface area contributed by atoms with E-state index in [-0.39, 0.29) is 18.5 Å². The van der Waals surface area contributed by atoms with Gasteiger partial charge in [0.15, 0.2) is 0 Å². The van der Waals surface area contributed by atoms with Crippen LogP contribution in [0.4, 0.5) is 0 Å². The summed E-state index contributed by atoms with van der Waals surface area (Å²) in [6.07, 6.45) is 99.5. The van der Waals surface area contributed by atoms with Gasteiger partial charge >= 0.3 is 5.97 Å². The molecule has 0 aromatic rings. The van der Waals surface area contributed by atoms with Crippen LogP contribution in [0, 0.1) is 0 Å². The third kappa shape index (κ3) is 73.0. The van der Waals surface area contributed by atoms with Crippen molar-refractivity contribution in [2.75, 3.05) is 13.2 Å². The summed E-state index contributed by atoms with van der Waals surface area (Å²) >= 11 is 0. The van der Waals surface area contributed by atoms with Gasteiger partial charge in [0.1, 0.15) is 0 Å². The van der Waals surface area contributed by atoms with Crippen LogP contribution >= 0.6 is 0 Å². The molecule has 0 radical (unpaired) electrons. The Labute approximate surface area is 544 Å². The number of rotatable bonds is 75. The number of hydrogen-bond donors (Lipinski definition) is 3. The van der Waals surface area contributed by atoms with Crippen LogP contribution in [0.25, 0.3) is 0 Å². The van der Waals surface area contributed by atoms with E-state index in [0.717, 1.165) is 51.4 Å². The Hall–Kier alpha value is -1.92.